The summed E-state index contributed by atoms with van der Waals surface area (Å²) in [6.45, 7) is 3.83. The summed E-state index contributed by atoms with van der Waals surface area (Å²) in [4.78, 5) is 12.0. The molecule has 16 heavy (non-hydrogen) atoms. The van der Waals surface area contributed by atoms with Gasteiger partial charge in [0.2, 0.25) is 5.91 Å². The van der Waals surface area contributed by atoms with E-state index in [1.54, 1.807) is 0 Å². The quantitative estimate of drug-likeness (QED) is 0.699. The van der Waals surface area contributed by atoms with E-state index in [1.807, 2.05) is 0 Å². The fraction of sp³-hybridized carbons (Fsp3) is 0.923. The smallest absolute Gasteiger partial charge is 0.225 e. The Bertz CT molecular complexity index is 242. The second-order valence-corrected chi connectivity index (χ2v) is 5.61. The molecule has 1 amide bonds. The molecular formula is C13H24N2O. The highest BCUT2D eigenvalue weighted by molar-refractivity contribution is 5.82. The molecule has 0 aliphatic heterocycles. The fourth-order valence-electron chi connectivity index (χ4n) is 2.51. The largest absolute Gasteiger partial charge is 0.354 e. The van der Waals surface area contributed by atoms with Crippen LogP contribution in [0.5, 0.6) is 0 Å². The average molecular weight is 224 g/mol. The summed E-state index contributed by atoms with van der Waals surface area (Å²) in [7, 11) is 0. The summed E-state index contributed by atoms with van der Waals surface area (Å²) in [6, 6.07) is 0.738. The lowest BCUT2D eigenvalue weighted by atomic mass is 9.75. The molecule has 2 saturated carbocycles. The normalized spacial score (nSPS) is 24.1. The van der Waals surface area contributed by atoms with Crippen LogP contribution >= 0.6 is 0 Å². The Labute approximate surface area is 98.4 Å². The van der Waals surface area contributed by atoms with Gasteiger partial charge in [0.05, 0.1) is 0 Å². The van der Waals surface area contributed by atoms with Crippen LogP contribution in [0.1, 0.15) is 51.9 Å². The molecule has 0 atom stereocenters. The summed E-state index contributed by atoms with van der Waals surface area (Å²) in [5.74, 6) is 0.268. The maximum absolute atomic E-state index is 12.0. The molecule has 0 bridgehead atoms. The van der Waals surface area contributed by atoms with Gasteiger partial charge in [-0.2, -0.15) is 0 Å². The zero-order valence-electron chi connectivity index (χ0n) is 10.3. The van der Waals surface area contributed by atoms with Crippen LogP contribution < -0.4 is 10.6 Å². The van der Waals surface area contributed by atoms with Crippen LogP contribution in [0.15, 0.2) is 0 Å². The minimum absolute atomic E-state index is 0.0855. The molecule has 0 unspecified atom stereocenters. The van der Waals surface area contributed by atoms with Crippen LogP contribution in [0.4, 0.5) is 0 Å². The number of nitrogens with one attached hydrogen (secondary N) is 2. The Morgan fingerprint density at radius 3 is 2.50 bits per heavy atom. The van der Waals surface area contributed by atoms with Crippen molar-refractivity contribution >= 4 is 5.91 Å². The van der Waals surface area contributed by atoms with E-state index in [1.165, 1.54) is 32.1 Å². The van der Waals surface area contributed by atoms with Crippen LogP contribution in [0.3, 0.4) is 0 Å². The average Bonchev–Trinajstić information content (AvgIpc) is 3.09. The summed E-state index contributed by atoms with van der Waals surface area (Å²) < 4.78 is 0. The molecule has 3 heteroatoms. The topological polar surface area (TPSA) is 41.1 Å². The molecule has 0 spiro atoms. The van der Waals surface area contributed by atoms with Crippen LogP contribution in [-0.2, 0) is 4.79 Å². The number of carbonyl (C=O) groups excluding carboxylic acids is 1. The third-order valence-corrected chi connectivity index (χ3v) is 3.93. The minimum Gasteiger partial charge on any atom is -0.354 e. The molecule has 0 aromatic rings. The number of carbonyl (C=O) groups is 1. The van der Waals surface area contributed by atoms with Crippen molar-refractivity contribution in [2.24, 2.45) is 5.41 Å². The van der Waals surface area contributed by atoms with E-state index in [0.29, 0.717) is 0 Å². The van der Waals surface area contributed by atoms with Gasteiger partial charge in [0.15, 0.2) is 0 Å². The third kappa shape index (κ3) is 3.21. The van der Waals surface area contributed by atoms with Crippen molar-refractivity contribution in [1.29, 1.82) is 0 Å². The van der Waals surface area contributed by atoms with Gasteiger partial charge < -0.3 is 10.6 Å². The van der Waals surface area contributed by atoms with E-state index in [9.17, 15) is 4.79 Å². The fourth-order valence-corrected chi connectivity index (χ4v) is 2.51. The van der Waals surface area contributed by atoms with Gasteiger partial charge in [0.25, 0.3) is 0 Å². The summed E-state index contributed by atoms with van der Waals surface area (Å²) >= 11 is 0. The Morgan fingerprint density at radius 2 is 1.88 bits per heavy atom. The molecule has 2 rings (SSSR count). The lowest BCUT2D eigenvalue weighted by Gasteiger charge is -2.32. The van der Waals surface area contributed by atoms with E-state index in [-0.39, 0.29) is 11.3 Å². The van der Waals surface area contributed by atoms with Crippen molar-refractivity contribution in [3.8, 4) is 0 Å². The van der Waals surface area contributed by atoms with E-state index < -0.39 is 0 Å². The van der Waals surface area contributed by atoms with Crippen LogP contribution in [-0.4, -0.2) is 25.0 Å². The molecule has 0 heterocycles. The van der Waals surface area contributed by atoms with Crippen molar-refractivity contribution in [1.82, 2.24) is 10.6 Å². The van der Waals surface area contributed by atoms with Gasteiger partial charge in [0, 0.05) is 24.5 Å². The highest BCUT2D eigenvalue weighted by Crippen LogP contribution is 2.35. The van der Waals surface area contributed by atoms with E-state index in [0.717, 1.165) is 32.0 Å². The van der Waals surface area contributed by atoms with Crippen molar-refractivity contribution in [3.05, 3.63) is 0 Å². The molecule has 2 aliphatic rings. The summed E-state index contributed by atoms with van der Waals surface area (Å²) in [5, 5.41) is 6.49. The van der Waals surface area contributed by atoms with Gasteiger partial charge in [-0.25, -0.2) is 0 Å². The molecule has 2 fully saturated rings. The van der Waals surface area contributed by atoms with Gasteiger partial charge in [-0.05, 0) is 25.7 Å². The summed E-state index contributed by atoms with van der Waals surface area (Å²) in [6.07, 6.45) is 8.47. The number of hydrogen-bond acceptors (Lipinski definition) is 2. The number of hydrogen-bond donors (Lipinski definition) is 2. The zero-order valence-corrected chi connectivity index (χ0v) is 10.3. The molecule has 2 N–H and O–H groups in total. The highest BCUT2D eigenvalue weighted by atomic mass is 16.2. The molecule has 0 aromatic heterocycles. The van der Waals surface area contributed by atoms with Crippen molar-refractivity contribution in [3.63, 3.8) is 0 Å². The monoisotopic (exact) mass is 224 g/mol. The first-order chi connectivity index (χ1) is 7.71. The molecule has 2 aliphatic carbocycles. The maximum atomic E-state index is 12.0. The summed E-state index contributed by atoms with van der Waals surface area (Å²) in [5.41, 5.74) is -0.0855. The minimum atomic E-state index is -0.0855. The molecular weight excluding hydrogens is 200 g/mol. The Balaban J connectivity index is 1.64. The number of amides is 1. The first kappa shape index (κ1) is 11.9. The molecule has 3 nitrogen and oxygen atoms in total. The predicted octanol–water partition coefficient (Wildman–Crippen LogP) is 1.82. The maximum Gasteiger partial charge on any atom is 0.225 e. The first-order valence-corrected chi connectivity index (χ1v) is 6.72. The van der Waals surface area contributed by atoms with Gasteiger partial charge in [-0.1, -0.05) is 26.2 Å². The SMILES string of the molecule is CC1(C(=O)NCCNC2CC2)CCCCC1. The standard InChI is InChI=1S/C13H24N2O/c1-13(7-3-2-4-8-13)12(16)15-10-9-14-11-5-6-11/h11,14H,2-10H2,1H3,(H,15,16). The third-order valence-electron chi connectivity index (χ3n) is 3.93. The second-order valence-electron chi connectivity index (χ2n) is 5.61. The molecule has 0 radical (unpaired) electrons. The van der Waals surface area contributed by atoms with Crippen LogP contribution in [0.2, 0.25) is 0 Å². The lowest BCUT2D eigenvalue weighted by Crippen LogP contribution is -2.42. The zero-order chi connectivity index (χ0) is 11.4. The van der Waals surface area contributed by atoms with Gasteiger partial charge in [-0.15, -0.1) is 0 Å². The van der Waals surface area contributed by atoms with Crippen LogP contribution in [0.25, 0.3) is 0 Å². The van der Waals surface area contributed by atoms with E-state index >= 15 is 0 Å². The number of rotatable bonds is 5. The van der Waals surface area contributed by atoms with Crippen molar-refractivity contribution in [2.75, 3.05) is 13.1 Å². The Morgan fingerprint density at radius 1 is 1.19 bits per heavy atom. The highest BCUT2D eigenvalue weighted by Gasteiger charge is 2.34. The predicted molar refractivity (Wildman–Crippen MR) is 65.2 cm³/mol. The molecule has 0 saturated heterocycles. The Hall–Kier alpha value is -0.570. The van der Waals surface area contributed by atoms with Gasteiger partial charge >= 0.3 is 0 Å². The van der Waals surface area contributed by atoms with Gasteiger partial charge in [0.1, 0.15) is 0 Å². The lowest BCUT2D eigenvalue weighted by molar-refractivity contribution is -0.131. The van der Waals surface area contributed by atoms with E-state index in [4.69, 9.17) is 0 Å². The Kier molecular flexibility index (Phi) is 3.85. The van der Waals surface area contributed by atoms with E-state index in [2.05, 4.69) is 17.6 Å². The van der Waals surface area contributed by atoms with Crippen LogP contribution in [0, 0.1) is 5.41 Å². The second kappa shape index (κ2) is 5.17. The molecule has 92 valence electrons. The first-order valence-electron chi connectivity index (χ1n) is 6.72. The van der Waals surface area contributed by atoms with Crippen molar-refractivity contribution < 1.29 is 4.79 Å². The van der Waals surface area contributed by atoms with Gasteiger partial charge in [-0.3, -0.25) is 4.79 Å². The molecule has 0 aromatic carbocycles. The van der Waals surface area contributed by atoms with Crippen molar-refractivity contribution in [2.45, 2.75) is 57.9 Å².